The predicted molar refractivity (Wildman–Crippen MR) is 81.8 cm³/mol. The van der Waals surface area contributed by atoms with Crippen LogP contribution < -0.4 is 27.3 Å². The standard InChI is InChI=1S/C16H12BrFN2.BrH/c17-16-12(10-20-7-5-14(19)6-8-20)2-1-11-9-13(18)3-4-15(11)16;/h1-9,19H,10H2;1H. The quantitative estimate of drug-likeness (QED) is 0.617. The molecule has 3 rings (SSSR count). The molecule has 0 radical (unpaired) electrons. The molecule has 5 heteroatoms. The molecule has 0 aliphatic heterocycles. The topological polar surface area (TPSA) is 29.9 Å². The zero-order valence-corrected chi connectivity index (χ0v) is 14.2. The minimum atomic E-state index is -0.218. The van der Waals surface area contributed by atoms with E-state index in [1.54, 1.807) is 12.1 Å². The highest BCUT2D eigenvalue weighted by molar-refractivity contribution is 9.10. The molecule has 1 aromatic heterocycles. The number of pyridine rings is 1. The number of rotatable bonds is 2. The van der Waals surface area contributed by atoms with Crippen molar-refractivity contribution < 1.29 is 25.9 Å². The van der Waals surface area contributed by atoms with Gasteiger partial charge in [-0.1, -0.05) is 18.2 Å². The molecule has 0 aliphatic carbocycles. The maximum Gasteiger partial charge on any atom is 0.174 e. The molecule has 3 aromatic rings. The highest BCUT2D eigenvalue weighted by Gasteiger charge is 2.10. The Morgan fingerprint density at radius 3 is 2.48 bits per heavy atom. The van der Waals surface area contributed by atoms with Crippen LogP contribution in [0.1, 0.15) is 5.56 Å². The number of nitrogens with zero attached hydrogens (tertiary/aromatic N) is 1. The molecule has 0 saturated heterocycles. The van der Waals surface area contributed by atoms with Crippen LogP contribution in [0.3, 0.4) is 0 Å². The van der Waals surface area contributed by atoms with Crippen LogP contribution in [0, 0.1) is 5.82 Å². The van der Waals surface area contributed by atoms with Gasteiger partial charge in [0.2, 0.25) is 0 Å². The van der Waals surface area contributed by atoms with E-state index in [0.29, 0.717) is 0 Å². The summed E-state index contributed by atoms with van der Waals surface area (Å²) >= 11 is 3.62. The number of nitrogens with two attached hydrogens (primary N) is 1. The van der Waals surface area contributed by atoms with Crippen molar-refractivity contribution in [3.05, 3.63) is 70.7 Å². The number of nitrogen functional groups attached to an aromatic ring is 1. The summed E-state index contributed by atoms with van der Waals surface area (Å²) < 4.78 is 16.3. The fraction of sp³-hybridized carbons (Fsp3) is 0.0625. The molecule has 108 valence electrons. The molecule has 2 N–H and O–H groups in total. The highest BCUT2D eigenvalue weighted by Crippen LogP contribution is 2.28. The lowest BCUT2D eigenvalue weighted by molar-refractivity contribution is -0.688. The van der Waals surface area contributed by atoms with E-state index < -0.39 is 0 Å². The van der Waals surface area contributed by atoms with Crippen LogP contribution in [0.4, 0.5) is 10.1 Å². The summed E-state index contributed by atoms with van der Waals surface area (Å²) in [6.07, 6.45) is 3.88. The van der Waals surface area contributed by atoms with E-state index in [2.05, 4.69) is 15.9 Å². The average Bonchev–Trinajstić information content (AvgIpc) is 2.44. The summed E-state index contributed by atoms with van der Waals surface area (Å²) in [6.45, 7) is 0.730. The summed E-state index contributed by atoms with van der Waals surface area (Å²) in [5.74, 6) is -0.218. The van der Waals surface area contributed by atoms with Gasteiger partial charge in [-0.25, -0.2) is 8.96 Å². The molecule has 0 fully saturated rings. The summed E-state index contributed by atoms with van der Waals surface area (Å²) in [5, 5.41) is 1.91. The van der Waals surface area contributed by atoms with Crippen molar-refractivity contribution in [2.75, 3.05) is 5.73 Å². The number of aromatic nitrogens is 1. The Labute approximate surface area is 141 Å². The van der Waals surface area contributed by atoms with Gasteiger partial charge in [-0.3, -0.25) is 0 Å². The second kappa shape index (κ2) is 6.54. The lowest BCUT2D eigenvalue weighted by Crippen LogP contribution is -3.00. The van der Waals surface area contributed by atoms with Crippen molar-refractivity contribution >= 4 is 32.4 Å². The Bertz CT molecular complexity index is 773. The molecule has 0 saturated carbocycles. The number of benzene rings is 2. The predicted octanol–water partition coefficient (Wildman–Crippen LogP) is 0.663. The Morgan fingerprint density at radius 2 is 1.76 bits per heavy atom. The van der Waals surface area contributed by atoms with E-state index in [1.807, 2.05) is 41.2 Å². The second-order valence-corrected chi connectivity index (χ2v) is 5.50. The molecule has 21 heavy (non-hydrogen) atoms. The van der Waals surface area contributed by atoms with E-state index in [9.17, 15) is 4.39 Å². The monoisotopic (exact) mass is 410 g/mol. The second-order valence-electron chi connectivity index (χ2n) is 4.71. The first-order valence-electron chi connectivity index (χ1n) is 6.25. The minimum absolute atomic E-state index is 0. The lowest BCUT2D eigenvalue weighted by Gasteiger charge is -2.06. The van der Waals surface area contributed by atoms with Gasteiger partial charge in [-0.15, -0.1) is 0 Å². The van der Waals surface area contributed by atoms with Gasteiger partial charge in [-0.05, 0) is 38.8 Å². The average molecular weight is 412 g/mol. The molecule has 0 aliphatic rings. The van der Waals surface area contributed by atoms with Gasteiger partial charge in [0.05, 0.1) is 0 Å². The van der Waals surface area contributed by atoms with Gasteiger partial charge in [-0.2, -0.15) is 0 Å². The van der Waals surface area contributed by atoms with E-state index in [-0.39, 0.29) is 22.8 Å². The molecular formula is C16H13Br2FN2. The molecule has 2 nitrogen and oxygen atoms in total. The number of halogens is 3. The van der Waals surface area contributed by atoms with Crippen LogP contribution in [0.5, 0.6) is 0 Å². The van der Waals surface area contributed by atoms with Crippen molar-refractivity contribution in [3.63, 3.8) is 0 Å². The van der Waals surface area contributed by atoms with Crippen molar-refractivity contribution in [3.8, 4) is 0 Å². The zero-order valence-electron chi connectivity index (χ0n) is 11.1. The van der Waals surface area contributed by atoms with E-state index >= 15 is 0 Å². The van der Waals surface area contributed by atoms with Crippen molar-refractivity contribution in [1.82, 2.24) is 0 Å². The lowest BCUT2D eigenvalue weighted by atomic mass is 10.1. The van der Waals surface area contributed by atoms with Gasteiger partial charge in [0.15, 0.2) is 18.9 Å². The largest absolute Gasteiger partial charge is 1.00 e. The Hall–Kier alpha value is -1.46. The van der Waals surface area contributed by atoms with Gasteiger partial charge in [0.25, 0.3) is 0 Å². The van der Waals surface area contributed by atoms with Gasteiger partial charge in [0, 0.05) is 27.9 Å². The summed E-state index contributed by atoms with van der Waals surface area (Å²) in [6, 6.07) is 12.5. The minimum Gasteiger partial charge on any atom is -1.00 e. The molecule has 0 atom stereocenters. The summed E-state index contributed by atoms with van der Waals surface area (Å²) in [5.41, 5.74) is 7.56. The maximum atomic E-state index is 13.2. The Kier molecular flexibility index (Phi) is 4.96. The number of fused-ring (bicyclic) bond motifs is 1. The van der Waals surface area contributed by atoms with Crippen molar-refractivity contribution in [1.29, 1.82) is 0 Å². The Balaban J connectivity index is 0.00000161. The first-order valence-corrected chi connectivity index (χ1v) is 7.04. The third kappa shape index (κ3) is 3.41. The van der Waals surface area contributed by atoms with Gasteiger partial charge in [0.1, 0.15) is 5.82 Å². The normalized spacial score (nSPS) is 10.4. The molecule has 2 aromatic carbocycles. The summed E-state index contributed by atoms with van der Waals surface area (Å²) in [7, 11) is 0. The first kappa shape index (κ1) is 15.9. The zero-order chi connectivity index (χ0) is 14.1. The molecule has 0 bridgehead atoms. The molecule has 0 unspecified atom stereocenters. The number of anilines is 1. The number of hydrogen-bond acceptors (Lipinski definition) is 1. The number of hydrogen-bond donors (Lipinski definition) is 1. The van der Waals surface area contributed by atoms with Crippen LogP contribution in [-0.4, -0.2) is 0 Å². The fourth-order valence-corrected chi connectivity index (χ4v) is 2.82. The van der Waals surface area contributed by atoms with Crippen molar-refractivity contribution in [2.45, 2.75) is 6.54 Å². The van der Waals surface area contributed by atoms with E-state index in [1.165, 1.54) is 6.07 Å². The third-order valence-corrected chi connectivity index (χ3v) is 4.20. The van der Waals surface area contributed by atoms with Gasteiger partial charge >= 0.3 is 0 Å². The summed E-state index contributed by atoms with van der Waals surface area (Å²) in [4.78, 5) is 0. The van der Waals surface area contributed by atoms with Crippen LogP contribution in [0.15, 0.2) is 59.3 Å². The first-order chi connectivity index (χ1) is 9.63. The van der Waals surface area contributed by atoms with Crippen molar-refractivity contribution in [2.24, 2.45) is 0 Å². The maximum absolute atomic E-state index is 13.2. The SMILES string of the molecule is Nc1cc[n+](Cc2ccc3cc(F)ccc3c2Br)cc1.[Br-]. The molecular weight excluding hydrogens is 399 g/mol. The van der Waals surface area contributed by atoms with Crippen LogP contribution in [0.2, 0.25) is 0 Å². The van der Waals surface area contributed by atoms with E-state index in [0.717, 1.165) is 33.0 Å². The molecule has 1 heterocycles. The van der Waals surface area contributed by atoms with E-state index in [4.69, 9.17) is 5.73 Å². The highest BCUT2D eigenvalue weighted by atomic mass is 79.9. The van der Waals surface area contributed by atoms with Gasteiger partial charge < -0.3 is 22.7 Å². The van der Waals surface area contributed by atoms with Crippen LogP contribution in [-0.2, 0) is 6.54 Å². The fourth-order valence-electron chi connectivity index (χ4n) is 2.20. The van der Waals surface area contributed by atoms with Crippen LogP contribution >= 0.6 is 15.9 Å². The molecule has 0 amide bonds. The van der Waals surface area contributed by atoms with Crippen LogP contribution in [0.25, 0.3) is 10.8 Å². The smallest absolute Gasteiger partial charge is 0.174 e. The molecule has 0 spiro atoms. The Morgan fingerprint density at radius 1 is 1.05 bits per heavy atom. The third-order valence-electron chi connectivity index (χ3n) is 3.27.